The Balaban J connectivity index is 1.70. The number of aromatic nitrogens is 2. The zero-order chi connectivity index (χ0) is 17.1. The number of benzene rings is 2. The fourth-order valence-corrected chi connectivity index (χ4v) is 2.63. The normalized spacial score (nSPS) is 11.7. The summed E-state index contributed by atoms with van der Waals surface area (Å²) in [6.45, 7) is 5.88. The lowest BCUT2D eigenvalue weighted by atomic mass is 10.0. The standard InChI is InChI=1S/C19H20N4O/c1-13-10-14(2)23(22-13)12-19(24)21-20-15(3)17-9-8-16-6-4-5-7-18(16)11-17/h4-11H,12H2,1-3H3,(H,21,24). The molecule has 0 bridgehead atoms. The fourth-order valence-electron chi connectivity index (χ4n) is 2.63. The number of amides is 1. The van der Waals surface area contributed by atoms with Crippen LogP contribution in [0.1, 0.15) is 23.9 Å². The predicted molar refractivity (Wildman–Crippen MR) is 96.0 cm³/mol. The van der Waals surface area contributed by atoms with E-state index in [1.54, 1.807) is 4.68 Å². The Hall–Kier alpha value is -2.95. The first kappa shape index (κ1) is 15.9. The molecular formula is C19H20N4O. The van der Waals surface area contributed by atoms with Crippen molar-refractivity contribution in [3.05, 3.63) is 65.5 Å². The van der Waals surface area contributed by atoms with E-state index in [-0.39, 0.29) is 12.5 Å². The lowest BCUT2D eigenvalue weighted by Crippen LogP contribution is -2.25. The molecule has 0 spiro atoms. The monoisotopic (exact) mass is 320 g/mol. The molecule has 5 nitrogen and oxygen atoms in total. The first-order valence-electron chi connectivity index (χ1n) is 7.86. The van der Waals surface area contributed by atoms with E-state index in [4.69, 9.17) is 0 Å². The van der Waals surface area contributed by atoms with Gasteiger partial charge in [-0.2, -0.15) is 10.2 Å². The van der Waals surface area contributed by atoms with Crippen LogP contribution in [-0.2, 0) is 11.3 Å². The van der Waals surface area contributed by atoms with E-state index in [0.717, 1.165) is 28.0 Å². The van der Waals surface area contributed by atoms with E-state index in [0.29, 0.717) is 0 Å². The summed E-state index contributed by atoms with van der Waals surface area (Å²) in [5.41, 5.74) is 6.21. The average Bonchev–Trinajstić information content (AvgIpc) is 2.89. The summed E-state index contributed by atoms with van der Waals surface area (Å²) in [5.74, 6) is -0.193. The highest BCUT2D eigenvalue weighted by molar-refractivity contribution is 6.02. The third-order valence-electron chi connectivity index (χ3n) is 3.91. The van der Waals surface area contributed by atoms with Crippen molar-refractivity contribution in [2.75, 3.05) is 0 Å². The number of nitrogens with one attached hydrogen (secondary N) is 1. The van der Waals surface area contributed by atoms with Crippen LogP contribution < -0.4 is 5.43 Å². The van der Waals surface area contributed by atoms with Gasteiger partial charge < -0.3 is 0 Å². The molecule has 0 saturated carbocycles. The molecule has 0 radical (unpaired) electrons. The lowest BCUT2D eigenvalue weighted by molar-refractivity contribution is -0.121. The quantitative estimate of drug-likeness (QED) is 0.593. The van der Waals surface area contributed by atoms with Gasteiger partial charge in [-0.15, -0.1) is 0 Å². The summed E-state index contributed by atoms with van der Waals surface area (Å²) in [5, 5.41) is 10.8. The SMILES string of the molecule is CC(=NNC(=O)Cn1nc(C)cc1C)c1ccc2ccccc2c1. The molecule has 3 aromatic rings. The predicted octanol–water partition coefficient (Wildman–Crippen LogP) is 3.19. The maximum atomic E-state index is 12.0. The number of aryl methyl sites for hydroxylation is 2. The Labute approximate surface area is 141 Å². The molecule has 1 N–H and O–H groups in total. The third-order valence-corrected chi connectivity index (χ3v) is 3.91. The number of hydrogen-bond donors (Lipinski definition) is 1. The first-order chi connectivity index (χ1) is 11.5. The number of hydrazone groups is 1. The van der Waals surface area contributed by atoms with Gasteiger partial charge in [0.25, 0.3) is 5.91 Å². The van der Waals surface area contributed by atoms with Crippen molar-refractivity contribution in [3.8, 4) is 0 Å². The van der Waals surface area contributed by atoms with Gasteiger partial charge in [-0.25, -0.2) is 5.43 Å². The Kier molecular flexibility index (Phi) is 4.42. The van der Waals surface area contributed by atoms with Crippen molar-refractivity contribution in [1.82, 2.24) is 15.2 Å². The molecule has 1 amide bonds. The molecule has 0 fully saturated rings. The van der Waals surface area contributed by atoms with Crippen molar-refractivity contribution in [2.45, 2.75) is 27.3 Å². The van der Waals surface area contributed by atoms with Crippen molar-refractivity contribution >= 4 is 22.4 Å². The van der Waals surface area contributed by atoms with Crippen LogP contribution in [0.3, 0.4) is 0 Å². The first-order valence-corrected chi connectivity index (χ1v) is 7.86. The Morgan fingerprint density at radius 3 is 2.58 bits per heavy atom. The summed E-state index contributed by atoms with van der Waals surface area (Å²) < 4.78 is 1.67. The second kappa shape index (κ2) is 6.66. The van der Waals surface area contributed by atoms with Gasteiger partial charge in [0.2, 0.25) is 0 Å². The summed E-state index contributed by atoms with van der Waals surface area (Å²) in [4.78, 5) is 12.0. The van der Waals surface area contributed by atoms with Gasteiger partial charge in [-0.3, -0.25) is 9.48 Å². The largest absolute Gasteiger partial charge is 0.271 e. The zero-order valence-corrected chi connectivity index (χ0v) is 14.1. The van der Waals surface area contributed by atoms with Crippen LogP contribution in [0.2, 0.25) is 0 Å². The van der Waals surface area contributed by atoms with E-state index in [9.17, 15) is 4.79 Å². The molecule has 1 aromatic heterocycles. The molecule has 3 rings (SSSR count). The number of carbonyl (C=O) groups is 1. The summed E-state index contributed by atoms with van der Waals surface area (Å²) in [6, 6.07) is 16.2. The Morgan fingerprint density at radius 2 is 1.88 bits per heavy atom. The average molecular weight is 320 g/mol. The number of fused-ring (bicyclic) bond motifs is 1. The number of nitrogens with zero attached hydrogens (tertiary/aromatic N) is 3. The van der Waals surface area contributed by atoms with E-state index >= 15 is 0 Å². The van der Waals surface area contributed by atoms with Crippen molar-refractivity contribution < 1.29 is 4.79 Å². The van der Waals surface area contributed by atoms with E-state index < -0.39 is 0 Å². The summed E-state index contributed by atoms with van der Waals surface area (Å²) in [6.07, 6.45) is 0. The van der Waals surface area contributed by atoms with Crippen LogP contribution in [0, 0.1) is 13.8 Å². The van der Waals surface area contributed by atoms with Crippen LogP contribution in [0.25, 0.3) is 10.8 Å². The van der Waals surface area contributed by atoms with E-state index in [1.165, 1.54) is 5.39 Å². The molecule has 0 aliphatic heterocycles. The summed E-state index contributed by atoms with van der Waals surface area (Å²) in [7, 11) is 0. The minimum Gasteiger partial charge on any atom is -0.271 e. The summed E-state index contributed by atoms with van der Waals surface area (Å²) >= 11 is 0. The fraction of sp³-hybridized carbons (Fsp3) is 0.211. The highest BCUT2D eigenvalue weighted by Gasteiger charge is 2.07. The minimum absolute atomic E-state index is 0.161. The molecule has 0 atom stereocenters. The zero-order valence-electron chi connectivity index (χ0n) is 14.1. The van der Waals surface area contributed by atoms with Crippen LogP contribution in [-0.4, -0.2) is 21.4 Å². The molecule has 5 heteroatoms. The second-order valence-corrected chi connectivity index (χ2v) is 5.88. The molecule has 0 saturated heterocycles. The molecule has 0 unspecified atom stereocenters. The van der Waals surface area contributed by atoms with Gasteiger partial charge in [0.15, 0.2) is 0 Å². The number of hydrogen-bond acceptors (Lipinski definition) is 3. The van der Waals surface area contributed by atoms with Gasteiger partial charge in [0.05, 0.1) is 11.4 Å². The van der Waals surface area contributed by atoms with Crippen LogP contribution in [0.4, 0.5) is 0 Å². The smallest absolute Gasteiger partial charge is 0.261 e. The molecule has 24 heavy (non-hydrogen) atoms. The Bertz CT molecular complexity index is 924. The maximum Gasteiger partial charge on any atom is 0.261 e. The van der Waals surface area contributed by atoms with E-state index in [1.807, 2.05) is 45.0 Å². The molecule has 1 heterocycles. The van der Waals surface area contributed by atoms with Crippen LogP contribution in [0.5, 0.6) is 0 Å². The molecule has 2 aromatic carbocycles. The van der Waals surface area contributed by atoms with Crippen LogP contribution in [0.15, 0.2) is 53.6 Å². The Morgan fingerprint density at radius 1 is 1.12 bits per heavy atom. The topological polar surface area (TPSA) is 59.3 Å². The number of rotatable bonds is 4. The maximum absolute atomic E-state index is 12.0. The van der Waals surface area contributed by atoms with Gasteiger partial charge >= 0.3 is 0 Å². The van der Waals surface area contributed by atoms with Crippen molar-refractivity contribution in [1.29, 1.82) is 0 Å². The molecule has 0 aliphatic carbocycles. The van der Waals surface area contributed by atoms with Crippen molar-refractivity contribution in [2.24, 2.45) is 5.10 Å². The molecule has 122 valence electrons. The van der Waals surface area contributed by atoms with Crippen molar-refractivity contribution in [3.63, 3.8) is 0 Å². The highest BCUT2D eigenvalue weighted by atomic mass is 16.2. The van der Waals surface area contributed by atoms with Crippen LogP contribution >= 0.6 is 0 Å². The van der Waals surface area contributed by atoms with Gasteiger partial charge in [-0.1, -0.05) is 36.4 Å². The van der Waals surface area contributed by atoms with Gasteiger partial charge in [0, 0.05) is 5.69 Å². The highest BCUT2D eigenvalue weighted by Crippen LogP contribution is 2.16. The second-order valence-electron chi connectivity index (χ2n) is 5.88. The molecule has 0 aliphatic rings. The van der Waals surface area contributed by atoms with Gasteiger partial charge in [0.1, 0.15) is 6.54 Å². The molecular weight excluding hydrogens is 300 g/mol. The van der Waals surface area contributed by atoms with Gasteiger partial charge in [-0.05, 0) is 49.2 Å². The minimum atomic E-state index is -0.193. The lowest BCUT2D eigenvalue weighted by Gasteiger charge is -2.06. The van der Waals surface area contributed by atoms with E-state index in [2.05, 4.69) is 39.9 Å². The number of carbonyl (C=O) groups excluding carboxylic acids is 1. The third kappa shape index (κ3) is 3.51.